The zero-order valence-corrected chi connectivity index (χ0v) is 16.9. The van der Waals surface area contributed by atoms with E-state index >= 15 is 0 Å². The van der Waals surface area contributed by atoms with Crippen LogP contribution in [0.25, 0.3) is 11.3 Å². The highest BCUT2D eigenvalue weighted by molar-refractivity contribution is 5.94. The highest BCUT2D eigenvalue weighted by atomic mass is 16.5. The molecule has 1 fully saturated rings. The van der Waals surface area contributed by atoms with E-state index in [1.165, 1.54) is 0 Å². The van der Waals surface area contributed by atoms with E-state index in [1.807, 2.05) is 43.1 Å². The summed E-state index contributed by atoms with van der Waals surface area (Å²) in [5, 5.41) is 3.97. The lowest BCUT2D eigenvalue weighted by Crippen LogP contribution is -2.29. The van der Waals surface area contributed by atoms with Gasteiger partial charge in [0.15, 0.2) is 0 Å². The monoisotopic (exact) mass is 392 g/mol. The van der Waals surface area contributed by atoms with E-state index in [1.54, 1.807) is 19.4 Å². The van der Waals surface area contributed by atoms with E-state index in [2.05, 4.69) is 15.1 Å². The molecule has 3 aromatic rings. The van der Waals surface area contributed by atoms with E-state index in [-0.39, 0.29) is 5.91 Å². The number of nitrogens with zero attached hydrogens (tertiary/aromatic N) is 4. The van der Waals surface area contributed by atoms with Crippen LogP contribution in [-0.2, 0) is 6.42 Å². The molecule has 3 heterocycles. The van der Waals surface area contributed by atoms with Crippen LogP contribution in [-0.4, -0.2) is 46.1 Å². The molecule has 0 N–H and O–H groups in total. The van der Waals surface area contributed by atoms with Gasteiger partial charge in [0.25, 0.3) is 5.91 Å². The molecular formula is C22H24N4O3. The Bertz CT molecular complexity index is 994. The van der Waals surface area contributed by atoms with Crippen molar-refractivity contribution in [2.24, 2.45) is 5.92 Å². The molecule has 1 aliphatic rings. The van der Waals surface area contributed by atoms with Gasteiger partial charge in [-0.25, -0.2) is 0 Å². The van der Waals surface area contributed by atoms with Crippen LogP contribution in [0.5, 0.6) is 5.75 Å². The lowest BCUT2D eigenvalue weighted by Gasteiger charge is -2.17. The Balaban J connectivity index is 1.39. The second-order valence-electron chi connectivity index (χ2n) is 7.43. The first kappa shape index (κ1) is 19.1. The topological polar surface area (TPSA) is 81.4 Å². The van der Waals surface area contributed by atoms with Crippen molar-refractivity contribution in [3.8, 4) is 17.0 Å². The molecule has 1 atom stereocenters. The van der Waals surface area contributed by atoms with Gasteiger partial charge in [-0.3, -0.25) is 14.8 Å². The summed E-state index contributed by atoms with van der Waals surface area (Å²) < 4.78 is 10.4. The number of ether oxygens (including phenoxy) is 1. The van der Waals surface area contributed by atoms with Crippen LogP contribution in [0.2, 0.25) is 0 Å². The number of carbonyl (C=O) groups excluding carboxylic acids is 1. The molecule has 0 radical (unpaired) electrons. The fourth-order valence-electron chi connectivity index (χ4n) is 3.86. The number of methoxy groups -OCH3 is 1. The van der Waals surface area contributed by atoms with E-state index in [0.29, 0.717) is 17.2 Å². The molecule has 29 heavy (non-hydrogen) atoms. The Kier molecular flexibility index (Phi) is 5.29. The number of rotatable bonds is 5. The Hall–Kier alpha value is -3.22. The molecule has 7 heteroatoms. The molecule has 0 bridgehead atoms. The van der Waals surface area contributed by atoms with Crippen LogP contribution in [0.4, 0.5) is 0 Å². The first-order valence-electron chi connectivity index (χ1n) is 9.72. The molecule has 0 saturated carbocycles. The molecule has 1 aliphatic heterocycles. The van der Waals surface area contributed by atoms with Gasteiger partial charge in [-0.1, -0.05) is 11.2 Å². The summed E-state index contributed by atoms with van der Waals surface area (Å²) in [4.78, 5) is 23.8. The van der Waals surface area contributed by atoms with Crippen molar-refractivity contribution in [1.82, 2.24) is 20.0 Å². The zero-order chi connectivity index (χ0) is 20.4. The Morgan fingerprint density at radius 1 is 1.28 bits per heavy atom. The summed E-state index contributed by atoms with van der Waals surface area (Å²) in [6, 6.07) is 7.30. The first-order valence-corrected chi connectivity index (χ1v) is 9.72. The minimum absolute atomic E-state index is 0.0474. The number of hydrogen-bond donors (Lipinski definition) is 0. The van der Waals surface area contributed by atoms with Crippen LogP contribution in [0.3, 0.4) is 0 Å². The predicted octanol–water partition coefficient (Wildman–Crippen LogP) is 3.46. The quantitative estimate of drug-likeness (QED) is 0.661. The molecule has 0 aliphatic carbocycles. The molecule has 1 amide bonds. The maximum atomic E-state index is 12.8. The number of benzene rings is 1. The average Bonchev–Trinajstić information content (AvgIpc) is 3.34. The van der Waals surface area contributed by atoms with Crippen LogP contribution in [0.1, 0.15) is 33.9 Å². The largest absolute Gasteiger partial charge is 0.497 e. The summed E-state index contributed by atoms with van der Waals surface area (Å²) in [5.74, 6) is 1.86. The number of amides is 1. The summed E-state index contributed by atoms with van der Waals surface area (Å²) in [5.41, 5.74) is 4.08. The Morgan fingerprint density at radius 2 is 2.14 bits per heavy atom. The molecule has 150 valence electrons. The lowest BCUT2D eigenvalue weighted by atomic mass is 10.0. The highest BCUT2D eigenvalue weighted by Gasteiger charge is 2.27. The van der Waals surface area contributed by atoms with Crippen molar-refractivity contribution < 1.29 is 14.1 Å². The Morgan fingerprint density at radius 3 is 2.83 bits per heavy atom. The van der Waals surface area contributed by atoms with Gasteiger partial charge >= 0.3 is 0 Å². The fraction of sp³-hybridized carbons (Fsp3) is 0.364. The van der Waals surface area contributed by atoms with Crippen molar-refractivity contribution in [2.45, 2.75) is 26.7 Å². The molecular weight excluding hydrogens is 368 g/mol. The van der Waals surface area contributed by atoms with Gasteiger partial charge in [-0.05, 0) is 50.8 Å². The minimum Gasteiger partial charge on any atom is -0.497 e. The molecule has 1 saturated heterocycles. The van der Waals surface area contributed by atoms with Gasteiger partial charge in [0.1, 0.15) is 11.5 Å². The van der Waals surface area contributed by atoms with E-state index in [9.17, 15) is 4.79 Å². The third-order valence-corrected chi connectivity index (χ3v) is 5.38. The zero-order valence-electron chi connectivity index (χ0n) is 16.9. The van der Waals surface area contributed by atoms with E-state index < -0.39 is 0 Å². The van der Waals surface area contributed by atoms with Gasteiger partial charge in [0.2, 0.25) is 0 Å². The van der Waals surface area contributed by atoms with Gasteiger partial charge < -0.3 is 14.2 Å². The maximum Gasteiger partial charge on any atom is 0.253 e. The first-order chi connectivity index (χ1) is 14.0. The maximum absolute atomic E-state index is 12.8. The number of carbonyl (C=O) groups is 1. The summed E-state index contributed by atoms with van der Waals surface area (Å²) in [6.07, 6.45) is 5.35. The second kappa shape index (κ2) is 8.03. The smallest absolute Gasteiger partial charge is 0.253 e. The standard InChI is InChI=1S/C22H24N4O3/c1-14-21(15(2)29-25-14)20-12-23-18(11-24-20)9-16-7-8-26(13-16)22(27)17-5-4-6-19(10-17)28-3/h4-6,10-12,16H,7-9,13H2,1-3H3/t16-/m0/s1. The van der Waals surface area contributed by atoms with Crippen molar-refractivity contribution in [1.29, 1.82) is 0 Å². The second-order valence-corrected chi connectivity index (χ2v) is 7.43. The molecule has 1 aromatic carbocycles. The van der Waals surface area contributed by atoms with Gasteiger partial charge in [-0.15, -0.1) is 0 Å². The van der Waals surface area contributed by atoms with Crippen molar-refractivity contribution in [3.05, 3.63) is 59.4 Å². The number of likely N-dealkylation sites (tertiary alicyclic amines) is 1. The number of aryl methyl sites for hydroxylation is 2. The van der Waals surface area contributed by atoms with E-state index in [4.69, 9.17) is 9.26 Å². The van der Waals surface area contributed by atoms with Crippen LogP contribution in [0.15, 0.2) is 41.2 Å². The van der Waals surface area contributed by atoms with E-state index in [0.717, 1.165) is 54.3 Å². The summed E-state index contributed by atoms with van der Waals surface area (Å²) in [6.45, 7) is 5.25. The molecule has 0 unspecified atom stereocenters. The molecule has 4 rings (SSSR count). The van der Waals surface area contributed by atoms with Crippen molar-refractivity contribution in [2.75, 3.05) is 20.2 Å². The Labute approximate surface area is 169 Å². The van der Waals surface area contributed by atoms with Crippen molar-refractivity contribution in [3.63, 3.8) is 0 Å². The normalized spacial score (nSPS) is 16.2. The lowest BCUT2D eigenvalue weighted by molar-refractivity contribution is 0.0786. The van der Waals surface area contributed by atoms with Gasteiger partial charge in [0, 0.05) is 24.8 Å². The summed E-state index contributed by atoms with van der Waals surface area (Å²) in [7, 11) is 1.60. The number of hydrogen-bond acceptors (Lipinski definition) is 6. The van der Waals surface area contributed by atoms with Gasteiger partial charge in [0.05, 0.1) is 36.0 Å². The molecule has 2 aromatic heterocycles. The van der Waals surface area contributed by atoms with Crippen LogP contribution < -0.4 is 4.74 Å². The third-order valence-electron chi connectivity index (χ3n) is 5.38. The third kappa shape index (κ3) is 3.99. The highest BCUT2D eigenvalue weighted by Crippen LogP contribution is 2.26. The number of aromatic nitrogens is 3. The van der Waals surface area contributed by atoms with Crippen LogP contribution in [0, 0.1) is 19.8 Å². The van der Waals surface area contributed by atoms with Gasteiger partial charge in [-0.2, -0.15) is 0 Å². The average molecular weight is 392 g/mol. The SMILES string of the molecule is COc1cccc(C(=O)N2CC[C@@H](Cc3cnc(-c4c(C)noc4C)cn3)C2)c1. The minimum atomic E-state index is 0.0474. The van der Waals surface area contributed by atoms with Crippen molar-refractivity contribution >= 4 is 5.91 Å². The summed E-state index contributed by atoms with van der Waals surface area (Å²) >= 11 is 0. The molecule has 0 spiro atoms. The molecule has 7 nitrogen and oxygen atoms in total. The predicted molar refractivity (Wildman–Crippen MR) is 108 cm³/mol. The fourth-order valence-corrected chi connectivity index (χ4v) is 3.86. The van der Waals surface area contributed by atoms with Crippen LogP contribution >= 0.6 is 0 Å².